The number of nitrogens with zero attached hydrogens (tertiary/aromatic N) is 3. The highest BCUT2D eigenvalue weighted by Gasteiger charge is 2.36. The number of hydrogen-bond acceptors (Lipinski definition) is 3. The van der Waals surface area contributed by atoms with Crippen LogP contribution in [0.2, 0.25) is 0 Å². The fraction of sp³-hybridized carbons (Fsp3) is 0.500. The molecule has 3 amide bonds. The molecule has 0 radical (unpaired) electrons. The van der Waals surface area contributed by atoms with E-state index in [2.05, 4.69) is 5.32 Å². The number of urea groups is 1. The fourth-order valence-electron chi connectivity index (χ4n) is 5.16. The first-order valence-electron chi connectivity index (χ1n) is 12.8. The molecule has 7 heteroatoms. The molecule has 2 aromatic rings. The molecule has 1 N–H and O–H groups in total. The standard InChI is InChI=1S/C28H35FN4O2/c1-19-3-7-21(8-4-19)22-9-10-25(26(29)15-22)27(34)31(2)24-12-14-33(18-24)28(35)32-13-11-23(17-32)30-16-20-5-6-20/h3-4,7-10,15,20,23-24,30H,5-6,11-14,16-18H2,1-2H3/t23-,24+/m1/s1. The smallest absolute Gasteiger partial charge is 0.320 e. The third-order valence-corrected chi connectivity index (χ3v) is 7.74. The maximum Gasteiger partial charge on any atom is 0.320 e. The van der Waals surface area contributed by atoms with Gasteiger partial charge in [0.2, 0.25) is 0 Å². The van der Waals surface area contributed by atoms with Crippen molar-refractivity contribution in [1.82, 2.24) is 20.0 Å². The predicted molar refractivity (Wildman–Crippen MR) is 135 cm³/mol. The number of nitrogens with one attached hydrogen (secondary N) is 1. The number of rotatable bonds is 6. The van der Waals surface area contributed by atoms with Gasteiger partial charge in [-0.1, -0.05) is 35.9 Å². The molecule has 2 aromatic carbocycles. The summed E-state index contributed by atoms with van der Waals surface area (Å²) in [6, 6.07) is 13.0. The third kappa shape index (κ3) is 5.35. The molecule has 3 fully saturated rings. The first-order chi connectivity index (χ1) is 16.9. The molecule has 2 saturated heterocycles. The summed E-state index contributed by atoms with van der Waals surface area (Å²) < 4.78 is 15.0. The van der Waals surface area contributed by atoms with Gasteiger partial charge in [-0.3, -0.25) is 4.79 Å². The van der Waals surface area contributed by atoms with Gasteiger partial charge in [0.15, 0.2) is 0 Å². The zero-order chi connectivity index (χ0) is 24.5. The summed E-state index contributed by atoms with van der Waals surface area (Å²) in [7, 11) is 1.71. The maximum atomic E-state index is 15.0. The normalized spacial score (nSPS) is 22.0. The summed E-state index contributed by atoms with van der Waals surface area (Å²) in [6.07, 6.45) is 4.34. The Balaban J connectivity index is 1.17. The van der Waals surface area contributed by atoms with Crippen molar-refractivity contribution in [1.29, 1.82) is 0 Å². The Morgan fingerprint density at radius 2 is 1.66 bits per heavy atom. The zero-order valence-electron chi connectivity index (χ0n) is 20.7. The summed E-state index contributed by atoms with van der Waals surface area (Å²) >= 11 is 0. The molecule has 0 bridgehead atoms. The van der Waals surface area contributed by atoms with Gasteiger partial charge >= 0.3 is 6.03 Å². The second-order valence-corrected chi connectivity index (χ2v) is 10.4. The van der Waals surface area contributed by atoms with E-state index in [0.717, 1.165) is 48.7 Å². The predicted octanol–water partition coefficient (Wildman–Crippen LogP) is 4.14. The minimum atomic E-state index is -0.521. The van der Waals surface area contributed by atoms with Gasteiger partial charge in [-0.2, -0.15) is 0 Å². The van der Waals surface area contributed by atoms with E-state index in [0.29, 0.717) is 25.6 Å². The molecule has 2 aliphatic heterocycles. The van der Waals surface area contributed by atoms with Crippen LogP contribution in [0.25, 0.3) is 11.1 Å². The van der Waals surface area contributed by atoms with Crippen LogP contribution in [-0.2, 0) is 0 Å². The highest BCUT2D eigenvalue weighted by atomic mass is 19.1. The summed E-state index contributed by atoms with van der Waals surface area (Å²) in [5.41, 5.74) is 2.87. The van der Waals surface area contributed by atoms with Crippen molar-refractivity contribution in [2.45, 2.75) is 44.7 Å². The molecule has 1 saturated carbocycles. The number of likely N-dealkylation sites (tertiary alicyclic amines) is 2. The summed E-state index contributed by atoms with van der Waals surface area (Å²) in [5, 5.41) is 3.60. The first-order valence-corrected chi connectivity index (χ1v) is 12.8. The van der Waals surface area contributed by atoms with Crippen LogP contribution in [0.5, 0.6) is 0 Å². The minimum absolute atomic E-state index is 0.0534. The van der Waals surface area contributed by atoms with Gasteiger partial charge in [0.1, 0.15) is 5.82 Å². The second-order valence-electron chi connectivity index (χ2n) is 10.4. The Morgan fingerprint density at radius 1 is 0.971 bits per heavy atom. The van der Waals surface area contributed by atoms with Crippen molar-refractivity contribution in [2.24, 2.45) is 5.92 Å². The number of halogens is 1. The van der Waals surface area contributed by atoms with E-state index in [1.54, 1.807) is 24.1 Å². The Hall–Kier alpha value is -2.93. The minimum Gasteiger partial charge on any atom is -0.337 e. The average Bonchev–Trinajstić information content (AvgIpc) is 3.35. The van der Waals surface area contributed by atoms with Gasteiger partial charge in [-0.15, -0.1) is 0 Å². The molecule has 6 nitrogen and oxygen atoms in total. The molecule has 2 heterocycles. The van der Waals surface area contributed by atoms with Crippen LogP contribution in [0, 0.1) is 18.7 Å². The van der Waals surface area contributed by atoms with Crippen molar-refractivity contribution in [3.63, 3.8) is 0 Å². The van der Waals surface area contributed by atoms with Gasteiger partial charge in [-0.25, -0.2) is 9.18 Å². The van der Waals surface area contributed by atoms with Crippen molar-refractivity contribution in [2.75, 3.05) is 39.8 Å². The van der Waals surface area contributed by atoms with Gasteiger partial charge < -0.3 is 20.0 Å². The van der Waals surface area contributed by atoms with Gasteiger partial charge in [0.25, 0.3) is 5.91 Å². The maximum absolute atomic E-state index is 15.0. The Morgan fingerprint density at radius 3 is 2.37 bits per heavy atom. The Bertz CT molecular complexity index is 1080. The molecule has 2 atom stereocenters. The lowest BCUT2D eigenvalue weighted by Gasteiger charge is -2.27. The molecule has 1 aliphatic carbocycles. The topological polar surface area (TPSA) is 55.9 Å². The second kappa shape index (κ2) is 9.97. The highest BCUT2D eigenvalue weighted by Crippen LogP contribution is 2.28. The van der Waals surface area contributed by atoms with E-state index >= 15 is 0 Å². The van der Waals surface area contributed by atoms with Crippen LogP contribution in [-0.4, -0.2) is 78.5 Å². The SMILES string of the molecule is Cc1ccc(-c2ccc(C(=O)N(C)[C@H]3CCN(C(=O)N4CC[C@@H](NCC5CC5)C4)C3)c(F)c2)cc1. The average molecular weight is 479 g/mol. The van der Waals surface area contributed by atoms with Crippen molar-refractivity contribution in [3.05, 3.63) is 59.4 Å². The molecule has 0 spiro atoms. The number of carbonyl (C=O) groups is 2. The van der Waals surface area contributed by atoms with Crippen LogP contribution >= 0.6 is 0 Å². The number of benzene rings is 2. The third-order valence-electron chi connectivity index (χ3n) is 7.74. The molecule has 3 aliphatic rings. The Kier molecular flexibility index (Phi) is 6.78. The van der Waals surface area contributed by atoms with E-state index in [4.69, 9.17) is 0 Å². The molecule has 5 rings (SSSR count). The van der Waals surface area contributed by atoms with E-state index in [9.17, 15) is 14.0 Å². The lowest BCUT2D eigenvalue weighted by Crippen LogP contribution is -2.45. The lowest BCUT2D eigenvalue weighted by atomic mass is 10.0. The van der Waals surface area contributed by atoms with Crippen molar-refractivity contribution >= 4 is 11.9 Å². The van der Waals surface area contributed by atoms with Crippen LogP contribution in [0.15, 0.2) is 42.5 Å². The number of aryl methyl sites for hydroxylation is 1. The number of amides is 3. The van der Waals surface area contributed by atoms with Crippen LogP contribution in [0.4, 0.5) is 9.18 Å². The number of likely N-dealkylation sites (N-methyl/N-ethyl adjacent to an activating group) is 1. The van der Waals surface area contributed by atoms with Crippen molar-refractivity contribution in [3.8, 4) is 11.1 Å². The van der Waals surface area contributed by atoms with Gasteiger partial charge in [0, 0.05) is 39.3 Å². The molecule has 186 valence electrons. The highest BCUT2D eigenvalue weighted by molar-refractivity contribution is 5.95. The van der Waals surface area contributed by atoms with E-state index < -0.39 is 5.82 Å². The van der Waals surface area contributed by atoms with Crippen molar-refractivity contribution < 1.29 is 14.0 Å². The largest absolute Gasteiger partial charge is 0.337 e. The van der Waals surface area contributed by atoms with E-state index in [1.165, 1.54) is 18.9 Å². The molecule has 35 heavy (non-hydrogen) atoms. The first kappa shape index (κ1) is 23.8. The van der Waals surface area contributed by atoms with Gasteiger partial charge in [0.05, 0.1) is 11.6 Å². The zero-order valence-corrected chi connectivity index (χ0v) is 20.7. The fourth-order valence-corrected chi connectivity index (χ4v) is 5.16. The summed E-state index contributed by atoms with van der Waals surface area (Å²) in [6.45, 7) is 5.70. The monoisotopic (exact) mass is 478 g/mol. The number of hydrogen-bond donors (Lipinski definition) is 1. The quantitative estimate of drug-likeness (QED) is 0.679. The summed E-state index contributed by atoms with van der Waals surface area (Å²) in [4.78, 5) is 31.5. The van der Waals surface area contributed by atoms with Crippen LogP contribution in [0.1, 0.15) is 41.6 Å². The molecular weight excluding hydrogens is 443 g/mol. The lowest BCUT2D eigenvalue weighted by molar-refractivity contribution is 0.0730. The van der Waals surface area contributed by atoms with Crippen LogP contribution in [0.3, 0.4) is 0 Å². The number of carbonyl (C=O) groups excluding carboxylic acids is 2. The molecule has 0 unspecified atom stereocenters. The molecule has 0 aromatic heterocycles. The molecular formula is C28H35FN4O2. The summed E-state index contributed by atoms with van der Waals surface area (Å²) in [5.74, 6) is -0.0359. The van der Waals surface area contributed by atoms with E-state index in [1.807, 2.05) is 41.0 Å². The Labute approximate surface area is 207 Å². The van der Waals surface area contributed by atoms with E-state index in [-0.39, 0.29) is 23.5 Å². The van der Waals surface area contributed by atoms with Gasteiger partial charge in [-0.05, 0) is 68.3 Å². The van der Waals surface area contributed by atoms with Crippen LogP contribution < -0.4 is 5.32 Å².